The number of aromatic nitrogens is 1. The van der Waals surface area contributed by atoms with Crippen molar-refractivity contribution in [1.29, 1.82) is 0 Å². The van der Waals surface area contributed by atoms with Gasteiger partial charge < -0.3 is 15.3 Å². The molecule has 0 radical (unpaired) electrons. The number of benzene rings is 1. The first-order chi connectivity index (χ1) is 12.1. The monoisotopic (exact) mass is 347 g/mol. The van der Waals surface area contributed by atoms with Gasteiger partial charge in [-0.1, -0.05) is 6.07 Å². The van der Waals surface area contributed by atoms with Crippen LogP contribution in [0, 0.1) is 11.6 Å². The number of hydrogen-bond donors (Lipinski definition) is 2. The van der Waals surface area contributed by atoms with E-state index in [0.29, 0.717) is 11.4 Å². The summed E-state index contributed by atoms with van der Waals surface area (Å²) < 4.78 is 27.4. The van der Waals surface area contributed by atoms with Gasteiger partial charge in [-0.05, 0) is 37.1 Å². The van der Waals surface area contributed by atoms with Gasteiger partial charge in [0, 0.05) is 25.8 Å². The fraction of sp³-hybridized carbons (Fsp3) is 0.333. The molecule has 1 fully saturated rings. The lowest BCUT2D eigenvalue weighted by Gasteiger charge is -2.20. The van der Waals surface area contributed by atoms with Crippen molar-refractivity contribution in [3.8, 4) is 0 Å². The second-order valence-electron chi connectivity index (χ2n) is 5.93. The van der Waals surface area contributed by atoms with E-state index in [9.17, 15) is 18.7 Å². The van der Waals surface area contributed by atoms with E-state index in [2.05, 4.69) is 10.3 Å². The molecule has 1 saturated heterocycles. The third-order valence-corrected chi connectivity index (χ3v) is 4.23. The molecule has 0 saturated carbocycles. The highest BCUT2D eigenvalue weighted by atomic mass is 19.1. The molecule has 0 bridgehead atoms. The highest BCUT2D eigenvalue weighted by molar-refractivity contribution is 5.98. The zero-order chi connectivity index (χ0) is 17.8. The van der Waals surface area contributed by atoms with Crippen LogP contribution in [0.2, 0.25) is 0 Å². The van der Waals surface area contributed by atoms with Crippen LogP contribution in [0.5, 0.6) is 0 Å². The fourth-order valence-corrected chi connectivity index (χ4v) is 2.97. The average molecular weight is 347 g/mol. The molecule has 2 N–H and O–H groups in total. The Balaban J connectivity index is 1.71. The lowest BCUT2D eigenvalue weighted by atomic mass is 10.1. The number of aliphatic hydroxyl groups excluding tert-OH is 1. The quantitative estimate of drug-likeness (QED) is 0.872. The predicted molar refractivity (Wildman–Crippen MR) is 89.3 cm³/mol. The summed E-state index contributed by atoms with van der Waals surface area (Å²) in [6, 6.07) is 6.65. The van der Waals surface area contributed by atoms with E-state index in [1.165, 1.54) is 6.07 Å². The van der Waals surface area contributed by atoms with Gasteiger partial charge in [0.25, 0.3) is 5.91 Å². The molecule has 1 amide bonds. The Bertz CT molecular complexity index is 743. The minimum absolute atomic E-state index is 0.301. The van der Waals surface area contributed by atoms with Crippen LogP contribution in [0.25, 0.3) is 0 Å². The molecule has 132 valence electrons. The first-order valence-corrected chi connectivity index (χ1v) is 8.18. The van der Waals surface area contributed by atoms with Gasteiger partial charge >= 0.3 is 0 Å². The van der Waals surface area contributed by atoms with E-state index in [1.54, 1.807) is 18.3 Å². The molecule has 1 aromatic heterocycles. The number of rotatable bonds is 5. The maximum atomic E-state index is 13.7. The van der Waals surface area contributed by atoms with E-state index < -0.39 is 29.2 Å². The molecule has 7 heteroatoms. The lowest BCUT2D eigenvalue weighted by Crippen LogP contribution is -2.31. The lowest BCUT2D eigenvalue weighted by molar-refractivity contribution is 0.0911. The number of nitrogens with zero attached hydrogens (tertiary/aromatic N) is 2. The van der Waals surface area contributed by atoms with Crippen LogP contribution < -0.4 is 10.2 Å². The van der Waals surface area contributed by atoms with E-state index in [1.807, 2.05) is 4.90 Å². The summed E-state index contributed by atoms with van der Waals surface area (Å²) in [6.07, 6.45) is 2.23. The van der Waals surface area contributed by atoms with E-state index >= 15 is 0 Å². The Labute approximate surface area is 144 Å². The predicted octanol–water partition coefficient (Wildman–Crippen LogP) is 2.42. The fourth-order valence-electron chi connectivity index (χ4n) is 2.97. The Morgan fingerprint density at radius 3 is 2.56 bits per heavy atom. The Morgan fingerprint density at radius 2 is 1.88 bits per heavy atom. The van der Waals surface area contributed by atoms with Crippen molar-refractivity contribution in [2.45, 2.75) is 18.9 Å². The summed E-state index contributed by atoms with van der Waals surface area (Å²) in [5.74, 6) is -1.54. The number of halogens is 2. The minimum Gasteiger partial charge on any atom is -0.386 e. The van der Waals surface area contributed by atoms with Crippen molar-refractivity contribution in [1.82, 2.24) is 10.3 Å². The Hall–Kier alpha value is -2.54. The molecule has 2 aromatic rings. The highest BCUT2D eigenvalue weighted by Gasteiger charge is 2.22. The number of nitrogens with one attached hydrogen (secondary N) is 1. The maximum Gasteiger partial charge on any atom is 0.255 e. The van der Waals surface area contributed by atoms with Crippen LogP contribution in [-0.4, -0.2) is 35.6 Å². The minimum atomic E-state index is -1.47. The average Bonchev–Trinajstić information content (AvgIpc) is 3.14. The van der Waals surface area contributed by atoms with Crippen LogP contribution in [0.15, 0.2) is 36.5 Å². The first-order valence-electron chi connectivity index (χ1n) is 8.18. The molecular formula is C18H19F2N3O2. The Morgan fingerprint density at radius 1 is 1.20 bits per heavy atom. The van der Waals surface area contributed by atoms with Crippen molar-refractivity contribution in [3.63, 3.8) is 0 Å². The van der Waals surface area contributed by atoms with E-state index in [-0.39, 0.29) is 6.54 Å². The van der Waals surface area contributed by atoms with Gasteiger partial charge in [-0.2, -0.15) is 0 Å². The van der Waals surface area contributed by atoms with Crippen molar-refractivity contribution in [2.24, 2.45) is 0 Å². The van der Waals surface area contributed by atoms with E-state index in [0.717, 1.165) is 38.1 Å². The summed E-state index contributed by atoms with van der Waals surface area (Å²) >= 11 is 0. The molecule has 1 aliphatic rings. The molecular weight excluding hydrogens is 328 g/mol. The molecule has 1 unspecified atom stereocenters. The van der Waals surface area contributed by atoms with Gasteiger partial charge in [0.15, 0.2) is 0 Å². The van der Waals surface area contributed by atoms with Gasteiger partial charge in [-0.25, -0.2) is 13.8 Å². The summed E-state index contributed by atoms with van der Waals surface area (Å²) in [4.78, 5) is 18.8. The second kappa shape index (κ2) is 7.57. The number of amides is 1. The maximum absolute atomic E-state index is 13.7. The van der Waals surface area contributed by atoms with Gasteiger partial charge in [0.2, 0.25) is 0 Å². The van der Waals surface area contributed by atoms with Crippen LogP contribution in [-0.2, 0) is 0 Å². The van der Waals surface area contributed by atoms with Crippen molar-refractivity contribution >= 4 is 11.7 Å². The molecule has 2 heterocycles. The topological polar surface area (TPSA) is 65.5 Å². The standard InChI is InChI=1S/C18H19F2N3O2/c19-13-6-3-7-14(20)16(13)15(24)11-22-18(25)12-5-4-8-21-17(12)23-9-1-2-10-23/h3-8,15,24H,1-2,9-11H2,(H,22,25). The molecule has 1 atom stereocenters. The van der Waals surface area contributed by atoms with E-state index in [4.69, 9.17) is 0 Å². The van der Waals surface area contributed by atoms with Crippen molar-refractivity contribution in [3.05, 3.63) is 59.3 Å². The largest absolute Gasteiger partial charge is 0.386 e. The van der Waals surface area contributed by atoms with Crippen molar-refractivity contribution in [2.75, 3.05) is 24.5 Å². The highest BCUT2D eigenvalue weighted by Crippen LogP contribution is 2.23. The van der Waals surface area contributed by atoms with Crippen LogP contribution in [0.3, 0.4) is 0 Å². The van der Waals surface area contributed by atoms with Crippen LogP contribution in [0.4, 0.5) is 14.6 Å². The van der Waals surface area contributed by atoms with Crippen molar-refractivity contribution < 1.29 is 18.7 Å². The number of aliphatic hydroxyl groups is 1. The third-order valence-electron chi connectivity index (χ3n) is 4.23. The smallest absolute Gasteiger partial charge is 0.255 e. The molecule has 0 spiro atoms. The number of pyridine rings is 1. The number of carbonyl (C=O) groups excluding carboxylic acids is 1. The molecule has 3 rings (SSSR count). The van der Waals surface area contributed by atoms with Gasteiger partial charge in [-0.15, -0.1) is 0 Å². The summed E-state index contributed by atoms with van der Waals surface area (Å²) in [6.45, 7) is 1.37. The number of carbonyl (C=O) groups is 1. The summed E-state index contributed by atoms with van der Waals surface area (Å²) in [5.41, 5.74) is -0.0700. The van der Waals surface area contributed by atoms with Crippen LogP contribution in [0.1, 0.15) is 34.9 Å². The first kappa shape index (κ1) is 17.3. The van der Waals surface area contributed by atoms with Gasteiger partial charge in [0.1, 0.15) is 23.6 Å². The zero-order valence-corrected chi connectivity index (χ0v) is 13.6. The molecule has 0 aliphatic carbocycles. The molecule has 1 aliphatic heterocycles. The number of hydrogen-bond acceptors (Lipinski definition) is 4. The molecule has 1 aromatic carbocycles. The summed E-state index contributed by atoms with van der Waals surface area (Å²) in [5, 5.41) is 12.6. The third kappa shape index (κ3) is 3.76. The van der Waals surface area contributed by atoms with Crippen LogP contribution >= 0.6 is 0 Å². The van der Waals surface area contributed by atoms with Gasteiger partial charge in [0.05, 0.1) is 11.1 Å². The molecule has 5 nitrogen and oxygen atoms in total. The summed E-state index contributed by atoms with van der Waals surface area (Å²) in [7, 11) is 0. The second-order valence-corrected chi connectivity index (χ2v) is 5.93. The number of anilines is 1. The Kier molecular flexibility index (Phi) is 5.23. The SMILES string of the molecule is O=C(NCC(O)c1c(F)cccc1F)c1cccnc1N1CCCC1. The zero-order valence-electron chi connectivity index (χ0n) is 13.6. The van der Waals surface area contributed by atoms with Gasteiger partial charge in [-0.3, -0.25) is 4.79 Å². The normalized spacial score (nSPS) is 15.2. The molecule has 25 heavy (non-hydrogen) atoms.